The number of nitrogens with zero attached hydrogens (tertiary/aromatic N) is 2. The summed E-state index contributed by atoms with van der Waals surface area (Å²) in [7, 11) is 0. The average Bonchev–Trinajstić information content (AvgIpc) is 3.49. The van der Waals surface area contributed by atoms with Gasteiger partial charge in [0.2, 0.25) is 5.95 Å². The molecule has 2 aromatic carbocycles. The van der Waals surface area contributed by atoms with Gasteiger partial charge < -0.3 is 19.9 Å². The van der Waals surface area contributed by atoms with Crippen LogP contribution in [0.25, 0.3) is 0 Å². The Hall–Kier alpha value is -4.35. The van der Waals surface area contributed by atoms with E-state index in [1.54, 1.807) is 18.2 Å². The molecule has 2 N–H and O–H groups in total. The summed E-state index contributed by atoms with van der Waals surface area (Å²) in [5.41, 5.74) is 1.64. The van der Waals surface area contributed by atoms with Gasteiger partial charge in [-0.3, -0.25) is 14.5 Å². The van der Waals surface area contributed by atoms with Gasteiger partial charge >= 0.3 is 18.1 Å². The van der Waals surface area contributed by atoms with Gasteiger partial charge in [-0.1, -0.05) is 25.1 Å². The lowest BCUT2D eigenvalue weighted by Crippen LogP contribution is -2.44. The number of aromatic nitrogens is 1. The Balaban J connectivity index is 1.51. The summed E-state index contributed by atoms with van der Waals surface area (Å²) < 4.78 is 65.8. The van der Waals surface area contributed by atoms with Gasteiger partial charge in [-0.2, -0.15) is 17.6 Å². The molecule has 38 heavy (non-hydrogen) atoms. The second-order valence-electron chi connectivity index (χ2n) is 8.98. The minimum atomic E-state index is -5.18. The number of carbonyl (C=O) groups is 2. The number of carboxylic acids is 1. The molecule has 1 amide bonds. The molecule has 3 heterocycles. The number of anilines is 3. The summed E-state index contributed by atoms with van der Waals surface area (Å²) in [5, 5.41) is 12.4. The van der Waals surface area contributed by atoms with Crippen LogP contribution >= 0.6 is 0 Å². The topological polar surface area (TPSA) is 101 Å². The number of para-hydroxylation sites is 1. The molecule has 0 aliphatic carbocycles. The van der Waals surface area contributed by atoms with Crippen LogP contribution in [0.4, 0.5) is 34.6 Å². The molecule has 3 aromatic rings. The zero-order valence-electron chi connectivity index (χ0n) is 19.8. The molecule has 3 atom stereocenters. The van der Waals surface area contributed by atoms with Gasteiger partial charge in [-0.05, 0) is 24.3 Å². The van der Waals surface area contributed by atoms with Crippen molar-refractivity contribution in [3.05, 3.63) is 71.8 Å². The van der Waals surface area contributed by atoms with Crippen LogP contribution in [0, 0.1) is 11.9 Å². The number of hydrogen-bond acceptors (Lipinski definition) is 6. The van der Waals surface area contributed by atoms with Crippen molar-refractivity contribution in [1.82, 2.24) is 4.98 Å². The van der Waals surface area contributed by atoms with E-state index in [0.717, 1.165) is 6.07 Å². The number of rotatable bonds is 6. The number of halogens is 4. The lowest BCUT2D eigenvalue weighted by atomic mass is 9.89. The summed E-state index contributed by atoms with van der Waals surface area (Å²) in [4.78, 5) is 28.3. The molecule has 198 valence electrons. The summed E-state index contributed by atoms with van der Waals surface area (Å²) in [6.45, 7) is 1.33. The molecule has 0 saturated heterocycles. The standard InChI is InChI=1S/C26H21F4N3O5/c1-13(24(34)35)18-11-37-21-9-15(6-7-16(18)21)33(25(36)26(28,29)30)20-12-38-23-17(20)3-2-4-19(23)32-14-5-8-22(27)31-10-14/h2-10,13,18,20,32H,11-12H2,1H3,(H,34,35)/t13?,18-,20+/m0/s1. The lowest BCUT2D eigenvalue weighted by Gasteiger charge is -2.29. The molecule has 0 fully saturated rings. The Kier molecular flexibility index (Phi) is 6.33. The molecule has 8 nitrogen and oxygen atoms in total. The maximum Gasteiger partial charge on any atom is 0.471 e. The fourth-order valence-electron chi connectivity index (χ4n) is 4.68. The first-order valence-electron chi connectivity index (χ1n) is 11.6. The third-order valence-electron chi connectivity index (χ3n) is 6.66. The summed E-state index contributed by atoms with van der Waals surface area (Å²) >= 11 is 0. The van der Waals surface area contributed by atoms with E-state index in [4.69, 9.17) is 9.47 Å². The highest BCUT2D eigenvalue weighted by Gasteiger charge is 2.48. The Morgan fingerprint density at radius 3 is 2.58 bits per heavy atom. The normalized spacial score (nSPS) is 18.6. The Labute approximate surface area is 213 Å². The average molecular weight is 531 g/mol. The first-order valence-corrected chi connectivity index (χ1v) is 11.6. The maximum atomic E-state index is 13.8. The summed E-state index contributed by atoms with van der Waals surface area (Å²) in [6, 6.07) is 10.4. The van der Waals surface area contributed by atoms with Gasteiger partial charge in [0, 0.05) is 28.8 Å². The Morgan fingerprint density at radius 2 is 1.89 bits per heavy atom. The van der Waals surface area contributed by atoms with E-state index < -0.39 is 41.9 Å². The van der Waals surface area contributed by atoms with Crippen molar-refractivity contribution < 1.29 is 41.7 Å². The number of nitrogens with one attached hydrogen (secondary N) is 1. The molecule has 5 rings (SSSR count). The number of carbonyl (C=O) groups excluding carboxylic acids is 1. The fourth-order valence-corrected chi connectivity index (χ4v) is 4.68. The number of alkyl halides is 3. The number of aliphatic carboxylic acids is 1. The van der Waals surface area contributed by atoms with Crippen molar-refractivity contribution >= 4 is 28.9 Å². The maximum absolute atomic E-state index is 13.8. The predicted molar refractivity (Wildman–Crippen MR) is 127 cm³/mol. The van der Waals surface area contributed by atoms with Crippen molar-refractivity contribution in [3.8, 4) is 11.5 Å². The third kappa shape index (κ3) is 4.57. The van der Waals surface area contributed by atoms with Crippen LogP contribution in [0.15, 0.2) is 54.7 Å². The molecule has 0 bridgehead atoms. The minimum absolute atomic E-state index is 0.0577. The number of pyridine rings is 1. The number of carboxylic acid groups (broad SMARTS) is 1. The first kappa shape index (κ1) is 25.3. The van der Waals surface area contributed by atoms with E-state index >= 15 is 0 Å². The SMILES string of the molecule is CC(C(=O)O)[C@@H]1COc2cc(N(C(=O)C(F)(F)F)[C@@H]3COc4c(Nc5ccc(F)nc5)cccc43)ccc21. The van der Waals surface area contributed by atoms with Crippen LogP contribution in [-0.2, 0) is 9.59 Å². The van der Waals surface area contributed by atoms with E-state index in [1.807, 2.05) is 0 Å². The van der Waals surface area contributed by atoms with Crippen molar-refractivity contribution in [1.29, 1.82) is 0 Å². The van der Waals surface area contributed by atoms with Crippen LogP contribution < -0.4 is 19.7 Å². The van der Waals surface area contributed by atoms with Gasteiger partial charge in [-0.25, -0.2) is 4.98 Å². The van der Waals surface area contributed by atoms with Crippen LogP contribution in [-0.4, -0.2) is 41.4 Å². The van der Waals surface area contributed by atoms with Crippen molar-refractivity contribution in [2.24, 2.45) is 5.92 Å². The molecule has 1 unspecified atom stereocenters. The van der Waals surface area contributed by atoms with Crippen molar-refractivity contribution in [2.75, 3.05) is 23.4 Å². The fraction of sp³-hybridized carbons (Fsp3) is 0.269. The predicted octanol–water partition coefficient (Wildman–Crippen LogP) is 5.19. The number of fused-ring (bicyclic) bond motifs is 2. The smallest absolute Gasteiger partial charge is 0.471 e. The molecule has 2 aliphatic heterocycles. The number of hydrogen-bond donors (Lipinski definition) is 2. The van der Waals surface area contributed by atoms with Crippen molar-refractivity contribution in [2.45, 2.75) is 25.1 Å². The van der Waals surface area contributed by atoms with Gasteiger partial charge in [0.05, 0.1) is 36.1 Å². The summed E-state index contributed by atoms with van der Waals surface area (Å²) in [6.07, 6.45) is -3.93. The monoisotopic (exact) mass is 531 g/mol. The summed E-state index contributed by atoms with van der Waals surface area (Å²) in [5.74, 6) is -4.57. The zero-order chi connectivity index (χ0) is 27.2. The number of ether oxygens (including phenoxy) is 2. The zero-order valence-corrected chi connectivity index (χ0v) is 19.8. The molecule has 1 aromatic heterocycles. The highest BCUT2D eigenvalue weighted by atomic mass is 19.4. The molecule has 0 spiro atoms. The van der Waals surface area contributed by atoms with Gasteiger partial charge in [0.1, 0.15) is 18.1 Å². The lowest BCUT2D eigenvalue weighted by molar-refractivity contribution is -0.171. The number of amides is 1. The Morgan fingerprint density at radius 1 is 1.11 bits per heavy atom. The van der Waals surface area contributed by atoms with Gasteiger partial charge in [-0.15, -0.1) is 0 Å². The largest absolute Gasteiger partial charge is 0.493 e. The van der Waals surface area contributed by atoms with E-state index in [1.165, 1.54) is 37.4 Å². The van der Waals surface area contributed by atoms with E-state index in [-0.39, 0.29) is 30.4 Å². The quantitative estimate of drug-likeness (QED) is 0.334. The van der Waals surface area contributed by atoms with Gasteiger partial charge in [0.15, 0.2) is 0 Å². The second kappa shape index (κ2) is 9.51. The van der Waals surface area contributed by atoms with Gasteiger partial charge in [0.25, 0.3) is 0 Å². The van der Waals surface area contributed by atoms with E-state index in [2.05, 4.69) is 10.3 Å². The second-order valence-corrected chi connectivity index (χ2v) is 8.98. The highest BCUT2D eigenvalue weighted by Crippen LogP contribution is 2.47. The van der Waals surface area contributed by atoms with Crippen LogP contribution in [0.5, 0.6) is 11.5 Å². The molecular weight excluding hydrogens is 510 g/mol. The van der Waals surface area contributed by atoms with Crippen LogP contribution in [0.2, 0.25) is 0 Å². The van der Waals surface area contributed by atoms with E-state index in [9.17, 15) is 32.3 Å². The molecule has 0 saturated carbocycles. The van der Waals surface area contributed by atoms with Crippen molar-refractivity contribution in [3.63, 3.8) is 0 Å². The van der Waals surface area contributed by atoms with E-state index in [0.29, 0.717) is 27.4 Å². The van der Waals surface area contributed by atoms with Crippen LogP contribution in [0.3, 0.4) is 0 Å². The molecular formula is C26H21F4N3O5. The molecule has 0 radical (unpaired) electrons. The minimum Gasteiger partial charge on any atom is -0.493 e. The van der Waals surface area contributed by atoms with Crippen LogP contribution in [0.1, 0.15) is 30.0 Å². The molecule has 12 heteroatoms. The molecule has 2 aliphatic rings. The first-order chi connectivity index (χ1) is 18.0. The Bertz CT molecular complexity index is 1400. The highest BCUT2D eigenvalue weighted by molar-refractivity contribution is 5.98. The third-order valence-corrected chi connectivity index (χ3v) is 6.66. The number of benzene rings is 2.